The lowest BCUT2D eigenvalue weighted by Gasteiger charge is -2.14. The van der Waals surface area contributed by atoms with Crippen LogP contribution in [0.2, 0.25) is 25.7 Å². The summed E-state index contributed by atoms with van der Waals surface area (Å²) in [7, 11) is -1.21. The summed E-state index contributed by atoms with van der Waals surface area (Å²) in [5, 5.41) is 7.62. The SMILES string of the molecule is C[Si](C)(C)CCOC(=O)On1nnc2ccccc21. The van der Waals surface area contributed by atoms with E-state index in [9.17, 15) is 4.79 Å². The second-order valence-electron chi connectivity index (χ2n) is 5.45. The maximum atomic E-state index is 11.5. The molecule has 0 saturated carbocycles. The summed E-state index contributed by atoms with van der Waals surface area (Å²) in [6.07, 6.45) is -0.756. The molecule has 0 aliphatic heterocycles. The van der Waals surface area contributed by atoms with Crippen LogP contribution in [0.5, 0.6) is 0 Å². The molecule has 1 aromatic carbocycles. The van der Waals surface area contributed by atoms with Crippen LogP contribution in [0, 0.1) is 0 Å². The monoisotopic (exact) mass is 279 g/mol. The van der Waals surface area contributed by atoms with Crippen LogP contribution in [-0.2, 0) is 4.74 Å². The third-order valence-electron chi connectivity index (χ3n) is 2.55. The molecular formula is C12H17N3O3Si. The number of hydrogen-bond donors (Lipinski definition) is 0. The molecule has 0 atom stereocenters. The van der Waals surface area contributed by atoms with Gasteiger partial charge in [-0.15, -0.1) is 5.10 Å². The van der Waals surface area contributed by atoms with E-state index >= 15 is 0 Å². The molecule has 1 aromatic heterocycles. The molecule has 1 heterocycles. The van der Waals surface area contributed by atoms with Crippen LogP contribution in [0.1, 0.15) is 0 Å². The Morgan fingerprint density at radius 3 is 2.79 bits per heavy atom. The standard InChI is InChI=1S/C12H17N3O3Si/c1-19(2,3)9-8-17-12(16)18-15-11-7-5-4-6-10(11)13-14-15/h4-7H,8-9H2,1-3H3. The first-order valence-corrected chi connectivity index (χ1v) is 9.82. The largest absolute Gasteiger partial charge is 0.535 e. The molecule has 0 N–H and O–H groups in total. The Morgan fingerprint density at radius 1 is 1.32 bits per heavy atom. The van der Waals surface area contributed by atoms with E-state index in [1.807, 2.05) is 12.1 Å². The van der Waals surface area contributed by atoms with Crippen molar-refractivity contribution in [2.75, 3.05) is 6.61 Å². The zero-order valence-corrected chi connectivity index (χ0v) is 12.3. The number of aromatic nitrogens is 3. The number of hydrogen-bond acceptors (Lipinski definition) is 5. The second-order valence-corrected chi connectivity index (χ2v) is 11.1. The van der Waals surface area contributed by atoms with Gasteiger partial charge >= 0.3 is 6.16 Å². The first-order valence-electron chi connectivity index (χ1n) is 6.11. The third kappa shape index (κ3) is 3.78. The summed E-state index contributed by atoms with van der Waals surface area (Å²) in [5.41, 5.74) is 1.29. The van der Waals surface area contributed by atoms with Crippen molar-refractivity contribution in [3.63, 3.8) is 0 Å². The first kappa shape index (κ1) is 13.5. The van der Waals surface area contributed by atoms with Crippen molar-refractivity contribution in [1.29, 1.82) is 0 Å². The highest BCUT2D eigenvalue weighted by molar-refractivity contribution is 6.76. The molecule has 2 aromatic rings. The number of benzene rings is 1. The molecule has 2 rings (SSSR count). The van der Waals surface area contributed by atoms with Crippen LogP contribution >= 0.6 is 0 Å². The first-order chi connectivity index (χ1) is 8.96. The topological polar surface area (TPSA) is 66.2 Å². The summed E-state index contributed by atoms with van der Waals surface area (Å²) in [6, 6.07) is 8.12. The average Bonchev–Trinajstić information content (AvgIpc) is 2.71. The number of fused-ring (bicyclic) bond motifs is 1. The average molecular weight is 279 g/mol. The van der Waals surface area contributed by atoms with Crippen molar-refractivity contribution in [3.8, 4) is 0 Å². The lowest BCUT2D eigenvalue weighted by molar-refractivity contribution is 0.0426. The highest BCUT2D eigenvalue weighted by Gasteiger charge is 2.15. The molecule has 0 aliphatic carbocycles. The quantitative estimate of drug-likeness (QED) is 0.488. The van der Waals surface area contributed by atoms with Gasteiger partial charge in [-0.05, 0) is 23.4 Å². The smallest absolute Gasteiger partial charge is 0.433 e. The number of para-hydroxylation sites is 1. The fourth-order valence-electron chi connectivity index (χ4n) is 1.45. The van der Waals surface area contributed by atoms with E-state index in [4.69, 9.17) is 9.57 Å². The van der Waals surface area contributed by atoms with E-state index < -0.39 is 14.2 Å². The van der Waals surface area contributed by atoms with Crippen LogP contribution in [-0.4, -0.2) is 36.0 Å². The van der Waals surface area contributed by atoms with Crippen molar-refractivity contribution in [1.82, 2.24) is 15.2 Å². The van der Waals surface area contributed by atoms with Crippen LogP contribution in [0.25, 0.3) is 11.0 Å². The van der Waals surface area contributed by atoms with Crippen molar-refractivity contribution in [3.05, 3.63) is 24.3 Å². The van der Waals surface area contributed by atoms with E-state index in [1.165, 1.54) is 0 Å². The minimum Gasteiger partial charge on any atom is -0.433 e. The Labute approximate surface area is 112 Å². The Kier molecular flexibility index (Phi) is 3.84. The van der Waals surface area contributed by atoms with Gasteiger partial charge in [-0.2, -0.15) is 0 Å². The molecule has 0 fully saturated rings. The summed E-state index contributed by atoms with van der Waals surface area (Å²) in [5.74, 6) is 0. The van der Waals surface area contributed by atoms with Gasteiger partial charge in [0.05, 0.1) is 6.61 Å². The van der Waals surface area contributed by atoms with E-state index in [-0.39, 0.29) is 0 Å². The molecule has 0 radical (unpaired) electrons. The number of rotatable bonds is 4. The Hall–Kier alpha value is -1.89. The van der Waals surface area contributed by atoms with Crippen LogP contribution < -0.4 is 4.84 Å². The molecule has 19 heavy (non-hydrogen) atoms. The van der Waals surface area contributed by atoms with Crippen LogP contribution in [0.4, 0.5) is 4.79 Å². The highest BCUT2D eigenvalue weighted by atomic mass is 28.3. The maximum Gasteiger partial charge on any atom is 0.535 e. The van der Waals surface area contributed by atoms with Gasteiger partial charge in [0.25, 0.3) is 0 Å². The molecule has 0 amide bonds. The molecular weight excluding hydrogens is 262 g/mol. The molecule has 0 spiro atoms. The molecule has 6 nitrogen and oxygen atoms in total. The predicted octanol–water partition coefficient (Wildman–Crippen LogP) is 2.33. The summed E-state index contributed by atoms with van der Waals surface area (Å²) in [4.78, 5) is 17.6. The molecule has 102 valence electrons. The van der Waals surface area contributed by atoms with Crippen molar-refractivity contribution >= 4 is 25.3 Å². The molecule has 0 aliphatic rings. The van der Waals surface area contributed by atoms with E-state index in [1.54, 1.807) is 12.1 Å². The molecule has 0 saturated heterocycles. The molecule has 0 unspecified atom stereocenters. The van der Waals surface area contributed by atoms with Crippen LogP contribution in [0.15, 0.2) is 24.3 Å². The van der Waals surface area contributed by atoms with Gasteiger partial charge in [0.15, 0.2) is 0 Å². The van der Waals surface area contributed by atoms with E-state index in [0.717, 1.165) is 10.9 Å². The van der Waals surface area contributed by atoms with Crippen molar-refractivity contribution < 1.29 is 14.4 Å². The minimum absolute atomic E-state index is 0.376. The van der Waals surface area contributed by atoms with Gasteiger partial charge in [-0.3, -0.25) is 4.84 Å². The van der Waals surface area contributed by atoms with Gasteiger partial charge in [0.2, 0.25) is 0 Å². The second kappa shape index (κ2) is 5.39. The molecule has 7 heteroatoms. The van der Waals surface area contributed by atoms with Crippen molar-refractivity contribution in [2.45, 2.75) is 25.7 Å². The number of carbonyl (C=O) groups excluding carboxylic acids is 1. The fourth-order valence-corrected chi connectivity index (χ4v) is 2.17. The lowest BCUT2D eigenvalue weighted by atomic mass is 10.3. The highest BCUT2D eigenvalue weighted by Crippen LogP contribution is 2.09. The Balaban J connectivity index is 1.92. The third-order valence-corrected chi connectivity index (χ3v) is 4.26. The fraction of sp³-hybridized carbons (Fsp3) is 0.417. The zero-order chi connectivity index (χ0) is 13.9. The summed E-state index contributed by atoms with van der Waals surface area (Å²) >= 11 is 0. The van der Waals surface area contributed by atoms with Gasteiger partial charge in [-0.1, -0.05) is 36.6 Å². The van der Waals surface area contributed by atoms with Crippen LogP contribution in [0.3, 0.4) is 0 Å². The number of carbonyl (C=O) groups is 1. The summed E-state index contributed by atoms with van der Waals surface area (Å²) in [6.45, 7) is 7.02. The van der Waals surface area contributed by atoms with Gasteiger partial charge in [-0.25, -0.2) is 4.79 Å². The normalized spacial score (nSPS) is 11.5. The number of ether oxygens (including phenoxy) is 1. The van der Waals surface area contributed by atoms with Crippen molar-refractivity contribution in [2.24, 2.45) is 0 Å². The van der Waals surface area contributed by atoms with E-state index in [2.05, 4.69) is 30.0 Å². The Bertz CT molecular complexity index is 577. The van der Waals surface area contributed by atoms with Gasteiger partial charge in [0.1, 0.15) is 11.0 Å². The van der Waals surface area contributed by atoms with Gasteiger partial charge in [0, 0.05) is 8.07 Å². The van der Waals surface area contributed by atoms with E-state index in [0.29, 0.717) is 17.6 Å². The summed E-state index contributed by atoms with van der Waals surface area (Å²) < 4.78 is 5.03. The number of nitrogens with zero attached hydrogens (tertiary/aromatic N) is 3. The van der Waals surface area contributed by atoms with Gasteiger partial charge < -0.3 is 4.74 Å². The minimum atomic E-state index is -1.21. The predicted molar refractivity (Wildman–Crippen MR) is 73.6 cm³/mol. The lowest BCUT2D eigenvalue weighted by Crippen LogP contribution is -2.26. The zero-order valence-electron chi connectivity index (χ0n) is 11.3. The maximum absolute atomic E-state index is 11.5. The molecule has 0 bridgehead atoms. The Morgan fingerprint density at radius 2 is 2.05 bits per heavy atom.